The molecule has 0 bridgehead atoms. The third kappa shape index (κ3) is 9.38. The maximum absolute atomic E-state index is 11.9. The van der Waals surface area contributed by atoms with Crippen LogP contribution in [0, 0.1) is 11.7 Å². The summed E-state index contributed by atoms with van der Waals surface area (Å²) in [6.45, 7) is 0. The number of aliphatic carboxylic acids is 1. The molecular weight excluding hydrogens is 417 g/mol. The fourth-order valence-electron chi connectivity index (χ4n) is 1.57. The summed E-state index contributed by atoms with van der Waals surface area (Å²) in [7, 11) is -20.5. The van der Waals surface area contributed by atoms with E-state index >= 15 is 0 Å². The van der Waals surface area contributed by atoms with Gasteiger partial charge in [-0.25, -0.2) is 0 Å². The second-order valence-electron chi connectivity index (χ2n) is 4.82. The summed E-state index contributed by atoms with van der Waals surface area (Å²) in [6.07, 6.45) is -3.70. The molecule has 2 atom stereocenters. The number of carbonyl (C=O) groups is 1. The topological polar surface area (TPSA) is 244 Å². The van der Waals surface area contributed by atoms with Gasteiger partial charge in [0.15, 0.2) is 5.40 Å². The molecule has 24 heavy (non-hydrogen) atoms. The van der Waals surface area contributed by atoms with Gasteiger partial charge in [0.05, 0.1) is 12.1 Å². The van der Waals surface area contributed by atoms with Gasteiger partial charge in [0.25, 0.3) is 10.1 Å². The molecule has 7 N–H and O–H groups in total. The molecular formula is C7H16O13P3S. The van der Waals surface area contributed by atoms with Gasteiger partial charge in [-0.15, -0.1) is 0 Å². The van der Waals surface area contributed by atoms with E-state index < -0.39 is 68.7 Å². The first-order valence-electron chi connectivity index (χ1n) is 5.80. The molecule has 0 aromatic heterocycles. The summed E-state index contributed by atoms with van der Waals surface area (Å²) in [6, 6.07) is 0. The standard InChI is InChI=1S/C7H16O13P3S/c8-7(9)5(1-2-24(18,19)20)3-21(10,11)4-6(22(12,13)14)23(15,16)17/h2,5-6H,1,3-4H2,(H,8,9)(H,10,11)(H2,12,13,14)(H2,15,16,17)(H,18,19,20). The first kappa shape index (κ1) is 23.9. The maximum Gasteiger partial charge on any atom is 0.341 e. The van der Waals surface area contributed by atoms with Gasteiger partial charge >= 0.3 is 21.2 Å². The Labute approximate surface area is 136 Å². The van der Waals surface area contributed by atoms with E-state index in [1.165, 1.54) is 0 Å². The van der Waals surface area contributed by atoms with E-state index in [-0.39, 0.29) is 5.75 Å². The fourth-order valence-corrected chi connectivity index (χ4v) is 8.50. The highest BCUT2D eigenvalue weighted by atomic mass is 32.2. The lowest BCUT2D eigenvalue weighted by atomic mass is 10.1. The van der Waals surface area contributed by atoms with E-state index in [1.54, 1.807) is 0 Å². The molecule has 0 aliphatic rings. The molecule has 0 rings (SSSR count). The molecule has 0 aromatic rings. The van der Waals surface area contributed by atoms with Gasteiger partial charge in [-0.1, -0.05) is 0 Å². The predicted molar refractivity (Wildman–Crippen MR) is 79.0 cm³/mol. The Kier molecular flexibility index (Phi) is 8.00. The Morgan fingerprint density at radius 3 is 1.67 bits per heavy atom. The van der Waals surface area contributed by atoms with E-state index in [2.05, 4.69) is 0 Å². The zero-order valence-corrected chi connectivity index (χ0v) is 15.2. The molecule has 0 aliphatic carbocycles. The van der Waals surface area contributed by atoms with Crippen molar-refractivity contribution in [1.29, 1.82) is 0 Å². The highest BCUT2D eigenvalue weighted by Crippen LogP contribution is 2.64. The zero-order valence-electron chi connectivity index (χ0n) is 11.7. The Bertz CT molecular complexity index is 679. The van der Waals surface area contributed by atoms with E-state index in [9.17, 15) is 31.8 Å². The van der Waals surface area contributed by atoms with Crippen molar-refractivity contribution in [2.24, 2.45) is 5.92 Å². The van der Waals surface area contributed by atoms with Crippen LogP contribution in [0.1, 0.15) is 6.42 Å². The number of carboxylic acid groups (broad SMARTS) is 1. The van der Waals surface area contributed by atoms with E-state index in [1.807, 2.05) is 0 Å². The van der Waals surface area contributed by atoms with Gasteiger partial charge in [0.1, 0.15) is 5.75 Å². The lowest BCUT2D eigenvalue weighted by molar-refractivity contribution is -0.140. The van der Waals surface area contributed by atoms with Crippen molar-refractivity contribution in [3.8, 4) is 0 Å². The third-order valence-corrected chi connectivity index (χ3v) is 9.53. The van der Waals surface area contributed by atoms with Crippen LogP contribution in [0.2, 0.25) is 0 Å². The minimum absolute atomic E-state index is 0.148. The molecule has 0 spiro atoms. The van der Waals surface area contributed by atoms with Crippen molar-refractivity contribution in [3.05, 3.63) is 5.75 Å². The molecule has 13 nitrogen and oxygen atoms in total. The minimum Gasteiger partial charge on any atom is -0.481 e. The first-order chi connectivity index (χ1) is 10.4. The summed E-state index contributed by atoms with van der Waals surface area (Å²) in [5.74, 6) is -3.46. The second kappa shape index (κ2) is 8.05. The number of hydrogen-bond acceptors (Lipinski definition) is 6. The van der Waals surface area contributed by atoms with Crippen LogP contribution >= 0.6 is 22.6 Å². The van der Waals surface area contributed by atoms with E-state index in [0.717, 1.165) is 0 Å². The number of rotatable bonds is 10. The van der Waals surface area contributed by atoms with Crippen LogP contribution in [-0.2, 0) is 28.6 Å². The predicted octanol–water partition coefficient (Wildman–Crippen LogP) is -0.921. The Balaban J connectivity index is 5.34. The van der Waals surface area contributed by atoms with Crippen molar-refractivity contribution in [1.82, 2.24) is 0 Å². The maximum atomic E-state index is 11.9. The minimum atomic E-state index is -5.49. The molecule has 0 fully saturated rings. The van der Waals surface area contributed by atoms with Crippen LogP contribution in [0.25, 0.3) is 0 Å². The molecule has 0 saturated heterocycles. The SMILES string of the molecule is O=C(O)C(C[CH]S(=O)(=O)O)CP(=O)(O)CC(P(=O)(O)O)P(=O)(O)O. The van der Waals surface area contributed by atoms with Gasteiger partial charge < -0.3 is 29.6 Å². The lowest BCUT2D eigenvalue weighted by Crippen LogP contribution is -2.23. The number of hydrogen-bond donors (Lipinski definition) is 7. The van der Waals surface area contributed by atoms with Crippen molar-refractivity contribution in [3.63, 3.8) is 0 Å². The molecule has 0 heterocycles. The van der Waals surface area contributed by atoms with Crippen LogP contribution in [-0.4, -0.2) is 66.2 Å². The van der Waals surface area contributed by atoms with Gasteiger partial charge in [0, 0.05) is 6.16 Å². The lowest BCUT2D eigenvalue weighted by Gasteiger charge is -2.23. The summed E-state index contributed by atoms with van der Waals surface area (Å²) in [4.78, 5) is 56.1. The van der Waals surface area contributed by atoms with Crippen LogP contribution in [0.15, 0.2) is 0 Å². The summed E-state index contributed by atoms with van der Waals surface area (Å²) in [5, 5.41) is 6.05. The van der Waals surface area contributed by atoms with Crippen molar-refractivity contribution in [2.75, 3.05) is 12.3 Å². The highest BCUT2D eigenvalue weighted by Gasteiger charge is 2.48. The second-order valence-corrected chi connectivity index (χ2v) is 12.6. The van der Waals surface area contributed by atoms with E-state index in [0.29, 0.717) is 0 Å². The average molecular weight is 433 g/mol. The Morgan fingerprint density at radius 1 is 0.958 bits per heavy atom. The molecule has 1 radical (unpaired) electrons. The first-order valence-corrected chi connectivity index (χ1v) is 12.7. The van der Waals surface area contributed by atoms with Gasteiger partial charge in [-0.3, -0.25) is 23.0 Å². The zero-order chi connectivity index (χ0) is 19.6. The number of carboxylic acids is 1. The van der Waals surface area contributed by atoms with Gasteiger partial charge in [0.2, 0.25) is 7.37 Å². The van der Waals surface area contributed by atoms with Crippen molar-refractivity contribution >= 4 is 38.6 Å². The quantitative estimate of drug-likeness (QED) is 0.163. The molecule has 0 saturated carbocycles. The van der Waals surface area contributed by atoms with Crippen molar-refractivity contribution < 1.29 is 61.0 Å². The molecule has 2 unspecified atom stereocenters. The smallest absolute Gasteiger partial charge is 0.341 e. The normalized spacial score (nSPS) is 17.5. The summed E-state index contributed by atoms with van der Waals surface area (Å²) in [5.41, 5.74) is 0. The highest BCUT2D eigenvalue weighted by molar-refractivity contribution is 7.87. The molecule has 143 valence electrons. The van der Waals surface area contributed by atoms with Crippen LogP contribution in [0.5, 0.6) is 0 Å². The largest absolute Gasteiger partial charge is 0.481 e. The molecule has 0 aliphatic heterocycles. The average Bonchev–Trinajstić information content (AvgIpc) is 2.27. The van der Waals surface area contributed by atoms with Crippen molar-refractivity contribution in [2.45, 2.75) is 11.8 Å². The van der Waals surface area contributed by atoms with Crippen LogP contribution < -0.4 is 0 Å². The monoisotopic (exact) mass is 433 g/mol. The molecule has 0 amide bonds. The fraction of sp³-hybridized carbons (Fsp3) is 0.714. The van der Waals surface area contributed by atoms with Crippen LogP contribution in [0.4, 0.5) is 0 Å². The van der Waals surface area contributed by atoms with Crippen LogP contribution in [0.3, 0.4) is 0 Å². The third-order valence-electron chi connectivity index (χ3n) is 2.67. The molecule has 0 aromatic carbocycles. The summed E-state index contributed by atoms with van der Waals surface area (Å²) < 4.78 is 63.6. The Morgan fingerprint density at radius 2 is 1.38 bits per heavy atom. The molecule has 17 heteroatoms. The Hall–Kier alpha value is -0.130. The van der Waals surface area contributed by atoms with E-state index in [4.69, 9.17) is 29.2 Å². The van der Waals surface area contributed by atoms with Gasteiger partial charge in [-0.2, -0.15) is 8.42 Å². The van der Waals surface area contributed by atoms with Gasteiger partial charge in [-0.05, 0) is 6.42 Å². The summed E-state index contributed by atoms with van der Waals surface area (Å²) >= 11 is 0.